The molecule has 0 bridgehead atoms. The summed E-state index contributed by atoms with van der Waals surface area (Å²) in [5, 5.41) is 8.85. The highest BCUT2D eigenvalue weighted by Gasteiger charge is 2.13. The fourth-order valence-corrected chi connectivity index (χ4v) is 4.34. The van der Waals surface area contributed by atoms with Gasteiger partial charge in [-0.05, 0) is 54.8 Å². The number of rotatable bonds is 7. The molecule has 5 rings (SSSR count). The first-order chi connectivity index (χ1) is 16.1. The van der Waals surface area contributed by atoms with E-state index in [1.807, 2.05) is 71.6 Å². The van der Waals surface area contributed by atoms with Gasteiger partial charge in [0.2, 0.25) is 4.96 Å². The Kier molecular flexibility index (Phi) is 5.75. The monoisotopic (exact) mass is 457 g/mol. The Morgan fingerprint density at radius 2 is 1.88 bits per heavy atom. The summed E-state index contributed by atoms with van der Waals surface area (Å²) in [6, 6.07) is 17.8. The smallest absolute Gasteiger partial charge is 0.291 e. The maximum atomic E-state index is 12.7. The highest BCUT2D eigenvalue weighted by atomic mass is 32.1. The van der Waals surface area contributed by atoms with Crippen molar-refractivity contribution >= 4 is 22.4 Å². The second-order valence-electron chi connectivity index (χ2n) is 8.14. The minimum atomic E-state index is -0.181. The number of aromatic nitrogens is 5. The van der Waals surface area contributed by atoms with Crippen molar-refractivity contribution in [1.29, 1.82) is 0 Å². The standard InChI is InChI=1S/C25H23N5O2S/c1-17(2)12-13-32-21-10-8-18(9-11-21)23-19(15-29(28-23)20-6-4-3-5-7-20)14-22-24(31)30-25(33-22)26-16-27-30/h3-11,14-17H,12-13H2,1-2H3. The van der Waals surface area contributed by atoms with Crippen LogP contribution in [0.5, 0.6) is 5.75 Å². The van der Waals surface area contributed by atoms with E-state index in [0.29, 0.717) is 22.0 Å². The molecular weight excluding hydrogens is 434 g/mol. The first-order valence-electron chi connectivity index (χ1n) is 10.8. The van der Waals surface area contributed by atoms with Crippen molar-refractivity contribution in [3.8, 4) is 22.7 Å². The van der Waals surface area contributed by atoms with E-state index in [1.54, 1.807) is 0 Å². The average Bonchev–Trinajstić information content (AvgIpc) is 3.52. The minimum absolute atomic E-state index is 0.181. The lowest BCUT2D eigenvalue weighted by atomic mass is 10.1. The molecule has 33 heavy (non-hydrogen) atoms. The van der Waals surface area contributed by atoms with Gasteiger partial charge in [0, 0.05) is 17.3 Å². The van der Waals surface area contributed by atoms with Crippen LogP contribution in [0.4, 0.5) is 0 Å². The van der Waals surface area contributed by atoms with E-state index in [1.165, 1.54) is 22.2 Å². The molecule has 0 aliphatic carbocycles. The highest BCUT2D eigenvalue weighted by Crippen LogP contribution is 2.26. The number of nitrogens with zero attached hydrogens (tertiary/aromatic N) is 5. The van der Waals surface area contributed by atoms with Crippen LogP contribution in [-0.4, -0.2) is 31.0 Å². The lowest BCUT2D eigenvalue weighted by Gasteiger charge is -2.08. The minimum Gasteiger partial charge on any atom is -0.494 e. The van der Waals surface area contributed by atoms with E-state index in [4.69, 9.17) is 9.84 Å². The Labute approximate surface area is 194 Å². The lowest BCUT2D eigenvalue weighted by Crippen LogP contribution is -2.23. The molecule has 0 N–H and O–H groups in total. The van der Waals surface area contributed by atoms with Gasteiger partial charge in [0.15, 0.2) is 0 Å². The summed E-state index contributed by atoms with van der Waals surface area (Å²) < 4.78 is 9.57. The highest BCUT2D eigenvalue weighted by molar-refractivity contribution is 7.15. The molecule has 0 saturated heterocycles. The van der Waals surface area contributed by atoms with Crippen LogP contribution < -0.4 is 14.8 Å². The summed E-state index contributed by atoms with van der Waals surface area (Å²) >= 11 is 1.31. The normalized spacial score (nSPS) is 12.2. The molecule has 3 heterocycles. The summed E-state index contributed by atoms with van der Waals surface area (Å²) in [4.78, 5) is 17.4. The molecule has 0 unspecified atom stereocenters. The van der Waals surface area contributed by atoms with Crippen molar-refractivity contribution in [2.24, 2.45) is 5.92 Å². The first kappa shape index (κ1) is 21.1. The van der Waals surface area contributed by atoms with Crippen molar-refractivity contribution in [2.45, 2.75) is 20.3 Å². The van der Waals surface area contributed by atoms with E-state index in [9.17, 15) is 4.79 Å². The van der Waals surface area contributed by atoms with Crippen LogP contribution in [0, 0.1) is 5.92 Å². The van der Waals surface area contributed by atoms with E-state index in [0.717, 1.165) is 34.7 Å². The Balaban J connectivity index is 1.55. The average molecular weight is 458 g/mol. The summed E-state index contributed by atoms with van der Waals surface area (Å²) in [6.07, 6.45) is 6.20. The fourth-order valence-electron chi connectivity index (χ4n) is 3.47. The molecular formula is C25H23N5O2S. The van der Waals surface area contributed by atoms with Crippen LogP contribution in [-0.2, 0) is 0 Å². The van der Waals surface area contributed by atoms with Crippen molar-refractivity contribution in [1.82, 2.24) is 24.4 Å². The third-order valence-corrected chi connectivity index (χ3v) is 6.24. The van der Waals surface area contributed by atoms with Crippen LogP contribution in [0.1, 0.15) is 25.8 Å². The van der Waals surface area contributed by atoms with Gasteiger partial charge in [0.1, 0.15) is 17.8 Å². The van der Waals surface area contributed by atoms with Gasteiger partial charge in [-0.15, -0.1) is 0 Å². The van der Waals surface area contributed by atoms with Gasteiger partial charge in [-0.25, -0.2) is 9.67 Å². The van der Waals surface area contributed by atoms with Crippen molar-refractivity contribution < 1.29 is 4.74 Å². The topological polar surface area (TPSA) is 74.3 Å². The van der Waals surface area contributed by atoms with Gasteiger partial charge in [-0.2, -0.15) is 14.7 Å². The zero-order valence-corrected chi connectivity index (χ0v) is 19.2. The molecule has 0 spiro atoms. The van der Waals surface area contributed by atoms with E-state index >= 15 is 0 Å². The molecule has 0 fully saturated rings. The van der Waals surface area contributed by atoms with Gasteiger partial charge in [-0.1, -0.05) is 43.4 Å². The zero-order valence-electron chi connectivity index (χ0n) is 18.4. The van der Waals surface area contributed by atoms with E-state index in [-0.39, 0.29) is 5.56 Å². The SMILES string of the molecule is CC(C)CCOc1ccc(-c2nn(-c3ccccc3)cc2C=c2sc3ncnn3c2=O)cc1. The number of thiazole rings is 1. The van der Waals surface area contributed by atoms with Gasteiger partial charge in [0.25, 0.3) is 5.56 Å². The molecule has 8 heteroatoms. The van der Waals surface area contributed by atoms with Crippen LogP contribution >= 0.6 is 11.3 Å². The predicted octanol–water partition coefficient (Wildman–Crippen LogP) is 3.98. The Bertz CT molecular complexity index is 1480. The van der Waals surface area contributed by atoms with Crippen molar-refractivity contribution in [3.05, 3.63) is 87.6 Å². The third-order valence-electron chi connectivity index (χ3n) is 5.26. The van der Waals surface area contributed by atoms with Gasteiger partial charge in [-0.3, -0.25) is 4.79 Å². The molecule has 0 radical (unpaired) electrons. The number of hydrogen-bond donors (Lipinski definition) is 0. The molecule has 166 valence electrons. The Hall–Kier alpha value is -3.78. The number of hydrogen-bond acceptors (Lipinski definition) is 6. The Morgan fingerprint density at radius 1 is 1.09 bits per heavy atom. The number of para-hydroxylation sites is 1. The van der Waals surface area contributed by atoms with Gasteiger partial charge in [0.05, 0.1) is 16.8 Å². The Morgan fingerprint density at radius 3 is 2.61 bits per heavy atom. The summed E-state index contributed by atoms with van der Waals surface area (Å²) in [5.74, 6) is 1.44. The van der Waals surface area contributed by atoms with Crippen LogP contribution in [0.15, 0.2) is 71.9 Å². The molecule has 0 aliphatic heterocycles. The molecule has 0 amide bonds. The van der Waals surface area contributed by atoms with Crippen LogP contribution in [0.3, 0.4) is 0 Å². The molecule has 0 atom stereocenters. The van der Waals surface area contributed by atoms with Gasteiger partial charge >= 0.3 is 0 Å². The lowest BCUT2D eigenvalue weighted by molar-refractivity contribution is 0.289. The fraction of sp³-hybridized carbons (Fsp3) is 0.200. The summed E-state index contributed by atoms with van der Waals surface area (Å²) in [6.45, 7) is 5.06. The van der Waals surface area contributed by atoms with Crippen molar-refractivity contribution in [3.63, 3.8) is 0 Å². The maximum absolute atomic E-state index is 12.7. The van der Waals surface area contributed by atoms with E-state index < -0.39 is 0 Å². The first-order valence-corrected chi connectivity index (χ1v) is 11.6. The molecule has 5 aromatic rings. The number of benzene rings is 2. The number of ether oxygens (including phenoxy) is 1. The molecule has 0 aliphatic rings. The van der Waals surface area contributed by atoms with Crippen molar-refractivity contribution in [2.75, 3.05) is 6.61 Å². The predicted molar refractivity (Wildman–Crippen MR) is 130 cm³/mol. The van der Waals surface area contributed by atoms with Crippen LogP contribution in [0.2, 0.25) is 0 Å². The van der Waals surface area contributed by atoms with Gasteiger partial charge < -0.3 is 4.74 Å². The number of fused-ring (bicyclic) bond motifs is 1. The third kappa shape index (κ3) is 4.42. The zero-order chi connectivity index (χ0) is 22.8. The quantitative estimate of drug-likeness (QED) is 0.370. The maximum Gasteiger partial charge on any atom is 0.291 e. The summed E-state index contributed by atoms with van der Waals surface area (Å²) in [7, 11) is 0. The molecule has 7 nitrogen and oxygen atoms in total. The largest absolute Gasteiger partial charge is 0.494 e. The summed E-state index contributed by atoms with van der Waals surface area (Å²) in [5.41, 5.74) is 3.33. The second kappa shape index (κ2) is 8.99. The molecule has 0 saturated carbocycles. The van der Waals surface area contributed by atoms with Crippen LogP contribution in [0.25, 0.3) is 28.0 Å². The molecule has 3 aromatic heterocycles. The second-order valence-corrected chi connectivity index (χ2v) is 9.15. The molecule has 2 aromatic carbocycles. The van der Waals surface area contributed by atoms with E-state index in [2.05, 4.69) is 23.9 Å².